The molecule has 0 fully saturated rings. The van der Waals surface area contributed by atoms with Gasteiger partial charge in [-0.1, -0.05) is 197 Å². The van der Waals surface area contributed by atoms with Crippen LogP contribution in [-0.4, -0.2) is 6.71 Å². The van der Waals surface area contributed by atoms with Crippen LogP contribution >= 0.6 is 0 Å². The summed E-state index contributed by atoms with van der Waals surface area (Å²) in [6.07, 6.45) is 4.60. The van der Waals surface area contributed by atoms with Gasteiger partial charge < -0.3 is 9.32 Å². The summed E-state index contributed by atoms with van der Waals surface area (Å²) in [5, 5.41) is 1.23. The number of hydrogen-bond donors (Lipinski definition) is 0. The van der Waals surface area contributed by atoms with Crippen LogP contribution in [0, 0.1) is 0 Å². The summed E-state index contributed by atoms with van der Waals surface area (Å²) >= 11 is 0. The highest BCUT2D eigenvalue weighted by Gasteiger charge is 2.49. The summed E-state index contributed by atoms with van der Waals surface area (Å²) in [6, 6.07) is 52.5. The third-order valence-electron chi connectivity index (χ3n) is 18.9. The molecule has 0 bridgehead atoms. The van der Waals surface area contributed by atoms with Crippen molar-refractivity contribution >= 4 is 68.4 Å². The molecule has 0 N–H and O–H groups in total. The lowest BCUT2D eigenvalue weighted by molar-refractivity contribution is 0.332. The van der Waals surface area contributed by atoms with Crippen LogP contribution < -0.4 is 26.2 Å². The van der Waals surface area contributed by atoms with Gasteiger partial charge in [-0.05, 0) is 179 Å². The summed E-state index contributed by atoms with van der Waals surface area (Å²) in [6.45, 7) is 40.8. The highest BCUT2D eigenvalue weighted by atomic mass is 16.4. The second-order valence-electron chi connectivity index (χ2n) is 29.2. The SMILES string of the molecule is CC(C)(C)c1cc(-c2ccccc2)c(N2c3cc(C(C)(C)C)ccc3B3c4c(cc(C(C)(C)C)cc42)N(c2ccc4c(c2)C(C)(C)CCC4(C)C)c2oc4cc5c(cc4c23)C(C)(C)CCC5(C)C)c(-c2ccccc2)c1. The van der Waals surface area contributed by atoms with E-state index in [4.69, 9.17) is 4.42 Å². The molecular formula is C72H81BN2O. The standard InChI is InChI=1S/C72H81BN2O/c1-66(2,3)46-28-31-57-58(38-46)75(64-50(44-24-20-18-21-25-44)36-47(67(4,5)6)37-51(64)45-26-22-19-23-27-45)60-40-48(68(7,8)9)39-59-63(60)73(57)62-52-42-55-56(72(16,17)35-34-71(55,14)15)43-61(52)76-65(62)74(59)49-29-30-53-54(41-49)70(12,13)33-32-69(53,10)11/h18-31,36-43H,32-35H2,1-17H3. The zero-order valence-electron chi connectivity index (χ0n) is 48.9. The van der Waals surface area contributed by atoms with Gasteiger partial charge in [0.1, 0.15) is 5.58 Å². The van der Waals surface area contributed by atoms with Crippen molar-refractivity contribution in [3.8, 4) is 22.3 Å². The van der Waals surface area contributed by atoms with Crippen molar-refractivity contribution in [2.24, 2.45) is 0 Å². The van der Waals surface area contributed by atoms with Crippen LogP contribution in [-0.2, 0) is 37.9 Å². The lowest BCUT2D eigenvalue weighted by Gasteiger charge is -2.46. The molecule has 2 aliphatic carbocycles. The van der Waals surface area contributed by atoms with Crippen molar-refractivity contribution in [1.82, 2.24) is 0 Å². The first-order valence-electron chi connectivity index (χ1n) is 28.5. The molecule has 4 heteroatoms. The Morgan fingerprint density at radius 1 is 0.421 bits per heavy atom. The maximum absolute atomic E-state index is 7.72. The zero-order valence-corrected chi connectivity index (χ0v) is 48.9. The van der Waals surface area contributed by atoms with E-state index in [1.54, 1.807) is 0 Å². The molecule has 388 valence electrons. The predicted octanol–water partition coefficient (Wildman–Crippen LogP) is 18.4. The van der Waals surface area contributed by atoms with Crippen LogP contribution in [0.4, 0.5) is 34.3 Å². The van der Waals surface area contributed by atoms with E-state index in [1.165, 1.54) is 112 Å². The molecule has 0 saturated heterocycles. The minimum absolute atomic E-state index is 0.0141. The van der Waals surface area contributed by atoms with Crippen molar-refractivity contribution in [2.45, 2.75) is 181 Å². The third kappa shape index (κ3) is 7.88. The average Bonchev–Trinajstić information content (AvgIpc) is 3.96. The second-order valence-corrected chi connectivity index (χ2v) is 29.2. The quantitative estimate of drug-likeness (QED) is 0.164. The number of rotatable bonds is 4. The van der Waals surface area contributed by atoms with Gasteiger partial charge in [0.2, 0.25) is 5.88 Å². The van der Waals surface area contributed by atoms with Crippen molar-refractivity contribution in [3.63, 3.8) is 0 Å². The maximum atomic E-state index is 7.72. The van der Waals surface area contributed by atoms with Crippen molar-refractivity contribution in [2.75, 3.05) is 9.80 Å². The molecule has 12 rings (SSSR count). The van der Waals surface area contributed by atoms with Gasteiger partial charge in [-0.25, -0.2) is 0 Å². The Balaban J connectivity index is 1.28. The summed E-state index contributed by atoms with van der Waals surface area (Å²) in [5.41, 5.74) is 25.2. The number of anilines is 6. The summed E-state index contributed by atoms with van der Waals surface area (Å²) in [4.78, 5) is 5.29. The summed E-state index contributed by atoms with van der Waals surface area (Å²) < 4.78 is 7.72. The minimum Gasteiger partial charge on any atom is -0.440 e. The molecular weight excluding hydrogens is 920 g/mol. The first kappa shape index (κ1) is 50.6. The lowest BCUT2D eigenvalue weighted by atomic mass is 9.33. The van der Waals surface area contributed by atoms with E-state index >= 15 is 0 Å². The van der Waals surface area contributed by atoms with Crippen LogP contribution in [0.15, 0.2) is 138 Å². The molecule has 0 spiro atoms. The van der Waals surface area contributed by atoms with Gasteiger partial charge in [-0.2, -0.15) is 0 Å². The molecule has 0 saturated carbocycles. The van der Waals surface area contributed by atoms with E-state index in [9.17, 15) is 0 Å². The fourth-order valence-electron chi connectivity index (χ4n) is 13.7. The van der Waals surface area contributed by atoms with Gasteiger partial charge in [0, 0.05) is 44.7 Å². The van der Waals surface area contributed by atoms with E-state index in [0.717, 1.165) is 36.4 Å². The van der Waals surface area contributed by atoms with Crippen molar-refractivity contribution < 1.29 is 4.42 Å². The first-order chi connectivity index (χ1) is 35.5. The highest BCUT2D eigenvalue weighted by molar-refractivity contribution is 7.01. The number of fused-ring (bicyclic) bond motifs is 8. The number of hydrogen-bond acceptors (Lipinski definition) is 3. The maximum Gasteiger partial charge on any atom is 0.257 e. The largest absolute Gasteiger partial charge is 0.440 e. The van der Waals surface area contributed by atoms with Gasteiger partial charge in [0.25, 0.3) is 6.71 Å². The van der Waals surface area contributed by atoms with Gasteiger partial charge in [0.15, 0.2) is 0 Å². The van der Waals surface area contributed by atoms with E-state index in [2.05, 4.69) is 261 Å². The van der Waals surface area contributed by atoms with E-state index in [1.807, 2.05) is 0 Å². The van der Waals surface area contributed by atoms with Crippen molar-refractivity contribution in [3.05, 3.63) is 172 Å². The Bertz CT molecular complexity index is 3600. The molecule has 3 heterocycles. The molecule has 4 aliphatic rings. The average molecular weight is 1000 g/mol. The Labute approximate surface area is 456 Å². The molecule has 0 atom stereocenters. The molecule has 0 unspecified atom stereocenters. The second kappa shape index (κ2) is 16.6. The van der Waals surface area contributed by atoms with Gasteiger partial charge in [0.05, 0.1) is 5.69 Å². The lowest BCUT2D eigenvalue weighted by Crippen LogP contribution is -2.61. The number of furan rings is 1. The Hall–Kier alpha value is -6.26. The van der Waals surface area contributed by atoms with Crippen LogP contribution in [0.2, 0.25) is 0 Å². The zero-order chi connectivity index (χ0) is 54.0. The van der Waals surface area contributed by atoms with Crippen LogP contribution in [0.3, 0.4) is 0 Å². The van der Waals surface area contributed by atoms with Crippen molar-refractivity contribution in [1.29, 1.82) is 0 Å². The highest BCUT2D eigenvalue weighted by Crippen LogP contribution is 2.56. The Morgan fingerprint density at radius 2 is 0.882 bits per heavy atom. The molecule has 0 radical (unpaired) electrons. The van der Waals surface area contributed by atoms with Gasteiger partial charge in [-0.3, -0.25) is 4.90 Å². The molecule has 0 amide bonds. The topological polar surface area (TPSA) is 19.6 Å². The van der Waals surface area contributed by atoms with Crippen LogP contribution in [0.25, 0.3) is 33.2 Å². The first-order valence-corrected chi connectivity index (χ1v) is 28.5. The van der Waals surface area contributed by atoms with Gasteiger partial charge in [-0.15, -0.1) is 0 Å². The molecule has 76 heavy (non-hydrogen) atoms. The molecule has 3 nitrogen and oxygen atoms in total. The minimum atomic E-state index is -0.196. The fraction of sp³-hybridized carbons (Fsp3) is 0.389. The number of benzene rings is 7. The molecule has 1 aromatic heterocycles. The smallest absolute Gasteiger partial charge is 0.257 e. The monoisotopic (exact) mass is 1000 g/mol. The normalized spacial score (nSPS) is 17.9. The van der Waals surface area contributed by atoms with Gasteiger partial charge >= 0.3 is 0 Å². The van der Waals surface area contributed by atoms with Crippen LogP contribution in [0.5, 0.6) is 0 Å². The van der Waals surface area contributed by atoms with Crippen LogP contribution in [0.1, 0.15) is 182 Å². The number of nitrogens with zero attached hydrogens (tertiary/aromatic N) is 2. The third-order valence-corrected chi connectivity index (χ3v) is 18.9. The van der Waals surface area contributed by atoms with E-state index < -0.39 is 0 Å². The van der Waals surface area contributed by atoms with E-state index in [-0.39, 0.29) is 44.6 Å². The summed E-state index contributed by atoms with van der Waals surface area (Å²) in [7, 11) is 0. The molecule has 2 aliphatic heterocycles. The Morgan fingerprint density at radius 3 is 1.41 bits per heavy atom. The van der Waals surface area contributed by atoms with E-state index in [0.29, 0.717) is 0 Å². The molecule has 7 aromatic carbocycles. The predicted molar refractivity (Wildman–Crippen MR) is 328 cm³/mol. The molecule has 8 aromatic rings. The Kier molecular flexibility index (Phi) is 11.1. The fourth-order valence-corrected chi connectivity index (χ4v) is 13.7. The summed E-state index contributed by atoms with van der Waals surface area (Å²) in [5.74, 6) is 0.944.